The van der Waals surface area contributed by atoms with E-state index in [1.807, 2.05) is 0 Å². The molecule has 11 heteroatoms. The number of anilines is 3. The zero-order valence-electron chi connectivity index (χ0n) is 36.0. The van der Waals surface area contributed by atoms with E-state index in [0.29, 0.717) is 0 Å². The van der Waals surface area contributed by atoms with Crippen molar-refractivity contribution in [1.82, 2.24) is 34.6 Å². The number of H-pyrrole nitrogens is 2. The molecule has 2 aromatic heterocycles. The van der Waals surface area contributed by atoms with Crippen molar-refractivity contribution in [3.8, 4) is 67.8 Å². The Morgan fingerprint density at radius 3 is 0.952 bits per heavy atom. The van der Waals surface area contributed by atoms with Gasteiger partial charge in [-0.2, -0.15) is 0 Å². The monoisotopic (exact) mass is 826 g/mol. The summed E-state index contributed by atoms with van der Waals surface area (Å²) in [6.45, 7) is 12.5. The molecule has 3 fully saturated rings. The molecule has 62 heavy (non-hydrogen) atoms. The van der Waals surface area contributed by atoms with Gasteiger partial charge in [0.2, 0.25) is 0 Å². The summed E-state index contributed by atoms with van der Waals surface area (Å²) >= 11 is 0. The lowest BCUT2D eigenvalue weighted by molar-refractivity contribution is 0.313. The van der Waals surface area contributed by atoms with E-state index in [4.69, 9.17) is 9.97 Å². The zero-order chi connectivity index (χ0) is 42.2. The van der Waals surface area contributed by atoms with E-state index in [1.54, 1.807) is 12.1 Å². The quantitative estimate of drug-likeness (QED) is 0.150. The van der Waals surface area contributed by atoms with Crippen molar-refractivity contribution in [2.45, 2.75) is 0 Å². The third-order valence-corrected chi connectivity index (χ3v) is 13.0. The van der Waals surface area contributed by atoms with Crippen LogP contribution in [0.2, 0.25) is 0 Å². The Labute approximate surface area is 364 Å². The first-order chi connectivity index (χ1) is 30.3. The summed E-state index contributed by atoms with van der Waals surface area (Å²) in [6.07, 6.45) is 0. The van der Waals surface area contributed by atoms with Crippen molar-refractivity contribution in [3.05, 3.63) is 127 Å². The van der Waals surface area contributed by atoms with E-state index in [-0.39, 0.29) is 5.82 Å². The number of halogens is 1. The van der Waals surface area contributed by atoms with Gasteiger partial charge in [0.15, 0.2) is 0 Å². The fourth-order valence-corrected chi connectivity index (χ4v) is 8.95. The number of imidazole rings is 2. The van der Waals surface area contributed by atoms with Gasteiger partial charge in [0.25, 0.3) is 0 Å². The molecule has 316 valence electrons. The van der Waals surface area contributed by atoms with Crippen molar-refractivity contribution in [2.75, 3.05) is 114 Å². The zero-order valence-corrected chi connectivity index (χ0v) is 36.0. The number of aromatic amines is 2. The second-order valence-electron chi connectivity index (χ2n) is 17.2. The highest BCUT2D eigenvalue weighted by Crippen LogP contribution is 2.37. The van der Waals surface area contributed by atoms with Gasteiger partial charge in [-0.05, 0) is 81.8 Å². The van der Waals surface area contributed by atoms with E-state index in [2.05, 4.69) is 158 Å². The Kier molecular flexibility index (Phi) is 11.1. The number of hydrogen-bond acceptors (Lipinski definition) is 8. The lowest BCUT2D eigenvalue weighted by atomic mass is 10.0. The van der Waals surface area contributed by atoms with Crippen LogP contribution in [0, 0.1) is 5.82 Å². The predicted molar refractivity (Wildman–Crippen MR) is 252 cm³/mol. The van der Waals surface area contributed by atoms with Crippen LogP contribution in [-0.4, -0.2) is 134 Å². The Morgan fingerprint density at radius 1 is 0.355 bits per heavy atom. The summed E-state index contributed by atoms with van der Waals surface area (Å²) < 4.78 is 14.1. The average molecular weight is 827 g/mol. The van der Waals surface area contributed by atoms with E-state index in [9.17, 15) is 4.39 Å². The van der Waals surface area contributed by atoms with Gasteiger partial charge >= 0.3 is 0 Å². The number of aromatic nitrogens is 4. The third kappa shape index (κ3) is 8.35. The number of hydrogen-bond donors (Lipinski definition) is 2. The number of rotatable bonds is 9. The summed E-state index contributed by atoms with van der Waals surface area (Å²) in [6, 6.07) is 41.6. The van der Waals surface area contributed by atoms with Crippen LogP contribution in [0.25, 0.3) is 67.8 Å². The van der Waals surface area contributed by atoms with Crippen LogP contribution < -0.4 is 14.7 Å². The highest BCUT2D eigenvalue weighted by molar-refractivity contribution is 5.84. The van der Waals surface area contributed by atoms with Crippen molar-refractivity contribution in [3.63, 3.8) is 0 Å². The topological polar surface area (TPSA) is 76.8 Å². The maximum atomic E-state index is 14.1. The van der Waals surface area contributed by atoms with Gasteiger partial charge in [0, 0.05) is 129 Å². The molecule has 3 aliphatic heterocycles. The molecule has 10 nitrogen and oxygen atoms in total. The van der Waals surface area contributed by atoms with Crippen molar-refractivity contribution < 1.29 is 4.39 Å². The number of benzene rings is 5. The van der Waals surface area contributed by atoms with Crippen LogP contribution in [0.5, 0.6) is 0 Å². The highest BCUT2D eigenvalue weighted by Gasteiger charge is 2.22. The lowest BCUT2D eigenvalue weighted by Gasteiger charge is -2.34. The molecule has 3 saturated heterocycles. The van der Waals surface area contributed by atoms with Crippen LogP contribution in [0.3, 0.4) is 0 Å². The highest BCUT2D eigenvalue weighted by atomic mass is 19.1. The molecule has 0 saturated carbocycles. The Bertz CT molecular complexity index is 2490. The molecule has 0 unspecified atom stereocenters. The maximum absolute atomic E-state index is 14.1. The van der Waals surface area contributed by atoms with Gasteiger partial charge < -0.3 is 39.4 Å². The molecular formula is C51H55FN10. The number of piperazine rings is 3. The first-order valence-corrected chi connectivity index (χ1v) is 22.0. The SMILES string of the molecule is CN1CCN(c2ccc(-c3nc(-c4ccc(-c5nc(-c6ccc(F)cc6)c(-c6ccc(N7CCN(C)CC7)cc6)[nH]5)cc4)[nH]c3-c3ccc(N4CCN(C)CC4)cc3)cc2)CC1. The van der Waals surface area contributed by atoms with Gasteiger partial charge in [-0.1, -0.05) is 60.7 Å². The summed E-state index contributed by atoms with van der Waals surface area (Å²) in [4.78, 5) is 32.3. The standard InChI is InChI=1S/C51H55FN10/c1-57-24-30-60(31-25-57)43-18-10-37(11-19-43)47-46(36-8-16-42(52)17-9-36)53-50(54-47)40-4-6-41(7-5-40)51-55-48(38-12-20-44(21-13-38)61-32-26-58(2)27-33-61)49(56-51)39-14-22-45(23-15-39)62-34-28-59(3)29-35-62/h4-23H,24-35H2,1-3H3,(H,53,54)(H,55,56). The molecule has 5 heterocycles. The number of nitrogens with one attached hydrogen (secondary N) is 2. The van der Waals surface area contributed by atoms with Crippen molar-refractivity contribution >= 4 is 17.1 Å². The van der Waals surface area contributed by atoms with Crippen LogP contribution in [-0.2, 0) is 0 Å². The van der Waals surface area contributed by atoms with Gasteiger partial charge in [0.1, 0.15) is 17.5 Å². The number of likely N-dealkylation sites (N-methyl/N-ethyl adjacent to an activating group) is 3. The Balaban J connectivity index is 0.961. The van der Waals surface area contributed by atoms with Gasteiger partial charge in [-0.25, -0.2) is 14.4 Å². The molecule has 0 amide bonds. The molecule has 0 spiro atoms. The van der Waals surface area contributed by atoms with Gasteiger partial charge in [0.05, 0.1) is 22.8 Å². The summed E-state index contributed by atoms with van der Waals surface area (Å²) in [5, 5.41) is 0. The maximum Gasteiger partial charge on any atom is 0.138 e. The molecule has 3 aliphatic rings. The molecular weight excluding hydrogens is 772 g/mol. The minimum Gasteiger partial charge on any atom is -0.369 e. The largest absolute Gasteiger partial charge is 0.369 e. The molecule has 2 N–H and O–H groups in total. The third-order valence-electron chi connectivity index (χ3n) is 13.0. The van der Waals surface area contributed by atoms with Crippen molar-refractivity contribution in [2.24, 2.45) is 0 Å². The molecule has 0 aliphatic carbocycles. The molecule has 0 bridgehead atoms. The molecule has 0 radical (unpaired) electrons. The summed E-state index contributed by atoms with van der Waals surface area (Å²) in [5.41, 5.74) is 13.3. The van der Waals surface area contributed by atoms with Crippen LogP contribution in [0.1, 0.15) is 0 Å². The first kappa shape index (κ1) is 39.8. The smallest absolute Gasteiger partial charge is 0.138 e. The van der Waals surface area contributed by atoms with E-state index in [0.717, 1.165) is 146 Å². The predicted octanol–water partition coefficient (Wildman–Crippen LogP) is 8.53. The summed E-state index contributed by atoms with van der Waals surface area (Å²) in [5.74, 6) is 1.28. The summed E-state index contributed by atoms with van der Waals surface area (Å²) in [7, 11) is 6.56. The molecule has 7 aromatic rings. The minimum absolute atomic E-state index is 0.271. The second kappa shape index (κ2) is 17.2. The van der Waals surface area contributed by atoms with Crippen molar-refractivity contribution in [1.29, 1.82) is 0 Å². The second-order valence-corrected chi connectivity index (χ2v) is 17.2. The van der Waals surface area contributed by atoms with E-state index >= 15 is 0 Å². The average Bonchev–Trinajstić information content (AvgIpc) is 3.97. The van der Waals surface area contributed by atoms with Gasteiger partial charge in [-0.3, -0.25) is 0 Å². The fourth-order valence-electron chi connectivity index (χ4n) is 8.95. The molecule has 5 aromatic carbocycles. The van der Waals surface area contributed by atoms with Crippen LogP contribution >= 0.6 is 0 Å². The normalized spacial score (nSPS) is 16.9. The molecule has 10 rings (SSSR count). The Morgan fingerprint density at radius 2 is 0.629 bits per heavy atom. The molecule has 0 atom stereocenters. The fraction of sp³-hybridized carbons (Fsp3) is 0.294. The Hall–Kier alpha value is -6.27. The first-order valence-electron chi connectivity index (χ1n) is 22.0. The number of nitrogens with zero attached hydrogens (tertiary/aromatic N) is 8. The van der Waals surface area contributed by atoms with Gasteiger partial charge in [-0.15, -0.1) is 0 Å². The lowest BCUT2D eigenvalue weighted by Crippen LogP contribution is -2.44. The van der Waals surface area contributed by atoms with E-state index < -0.39 is 0 Å². The van der Waals surface area contributed by atoms with Crippen LogP contribution in [0.4, 0.5) is 21.5 Å². The van der Waals surface area contributed by atoms with Crippen LogP contribution in [0.15, 0.2) is 121 Å². The van der Waals surface area contributed by atoms with E-state index in [1.165, 1.54) is 29.2 Å². The minimum atomic E-state index is -0.271.